The van der Waals surface area contributed by atoms with Crippen molar-refractivity contribution < 1.29 is 14.6 Å². The molecule has 0 amide bonds. The van der Waals surface area contributed by atoms with Crippen molar-refractivity contribution in [2.45, 2.75) is 53.1 Å². The van der Waals surface area contributed by atoms with Crippen molar-refractivity contribution in [2.24, 2.45) is 22.7 Å². The summed E-state index contributed by atoms with van der Waals surface area (Å²) in [6.45, 7) is 8.77. The number of carbonyl (C=O) groups excluding carboxylic acids is 1. The molecule has 0 unspecified atom stereocenters. The summed E-state index contributed by atoms with van der Waals surface area (Å²) < 4.78 is 6.10. The normalized spacial score (nSPS) is 21.4. The second-order valence-corrected chi connectivity index (χ2v) is 9.32. The van der Waals surface area contributed by atoms with E-state index in [1.165, 1.54) is 6.42 Å². The molecule has 2 aromatic carbocycles. The van der Waals surface area contributed by atoms with Crippen molar-refractivity contribution in [1.82, 2.24) is 0 Å². The van der Waals surface area contributed by atoms with Gasteiger partial charge in [0.2, 0.25) is 0 Å². The molecule has 1 N–H and O–H groups in total. The highest BCUT2D eigenvalue weighted by atomic mass is 16.5. The first kappa shape index (κ1) is 23.8. The number of benzene rings is 2. The molecule has 5 nitrogen and oxygen atoms in total. The SMILES string of the molecule is CN=C(c1ccc(O)cc1)N(CC(=O)O[C@@H]1C[C@H](C)CC[C@H]1C(C)C)c1ccccc1C. The fourth-order valence-electron chi connectivity index (χ4n) is 4.74. The summed E-state index contributed by atoms with van der Waals surface area (Å²) in [6.07, 6.45) is 3.18. The molecule has 32 heavy (non-hydrogen) atoms. The molecule has 1 aliphatic carbocycles. The van der Waals surface area contributed by atoms with Gasteiger partial charge in [-0.1, -0.05) is 45.4 Å². The number of rotatable bonds is 6. The molecule has 0 saturated heterocycles. The first-order chi connectivity index (χ1) is 15.3. The summed E-state index contributed by atoms with van der Waals surface area (Å²) in [4.78, 5) is 19.7. The van der Waals surface area contributed by atoms with E-state index in [-0.39, 0.29) is 24.4 Å². The van der Waals surface area contributed by atoms with Crippen LogP contribution in [0.2, 0.25) is 0 Å². The van der Waals surface area contributed by atoms with Gasteiger partial charge in [0.25, 0.3) is 0 Å². The highest BCUT2D eigenvalue weighted by Gasteiger charge is 2.34. The number of ether oxygens (including phenoxy) is 1. The lowest BCUT2D eigenvalue weighted by Gasteiger charge is -2.37. The van der Waals surface area contributed by atoms with E-state index in [0.29, 0.717) is 23.6 Å². The fourth-order valence-corrected chi connectivity index (χ4v) is 4.74. The number of nitrogens with zero attached hydrogens (tertiary/aromatic N) is 2. The zero-order valence-electron chi connectivity index (χ0n) is 19.9. The van der Waals surface area contributed by atoms with Crippen molar-refractivity contribution in [3.05, 3.63) is 59.7 Å². The molecule has 1 aliphatic rings. The number of aliphatic imine (C=N–C) groups is 1. The number of esters is 1. The Labute approximate surface area is 192 Å². The number of anilines is 1. The predicted molar refractivity (Wildman–Crippen MR) is 130 cm³/mol. The van der Waals surface area contributed by atoms with Gasteiger partial charge in [-0.2, -0.15) is 0 Å². The minimum absolute atomic E-state index is 0.0411. The number of hydrogen-bond donors (Lipinski definition) is 1. The molecule has 2 aromatic rings. The lowest BCUT2D eigenvalue weighted by atomic mass is 9.75. The molecule has 5 heteroatoms. The van der Waals surface area contributed by atoms with Gasteiger partial charge in [0.15, 0.2) is 0 Å². The van der Waals surface area contributed by atoms with E-state index >= 15 is 0 Å². The minimum Gasteiger partial charge on any atom is -0.508 e. The lowest BCUT2D eigenvalue weighted by molar-refractivity contribution is -0.154. The third-order valence-electron chi connectivity index (χ3n) is 6.53. The van der Waals surface area contributed by atoms with Gasteiger partial charge in [0, 0.05) is 18.3 Å². The van der Waals surface area contributed by atoms with E-state index < -0.39 is 0 Å². The largest absolute Gasteiger partial charge is 0.508 e. The van der Waals surface area contributed by atoms with Crippen molar-refractivity contribution in [3.63, 3.8) is 0 Å². The highest BCUT2D eigenvalue weighted by Crippen LogP contribution is 2.35. The molecule has 3 atom stereocenters. The summed E-state index contributed by atoms with van der Waals surface area (Å²) in [5.41, 5.74) is 2.79. The van der Waals surface area contributed by atoms with Gasteiger partial charge in [-0.15, -0.1) is 0 Å². The fraction of sp³-hybridized carbons (Fsp3) is 0.481. The molecule has 0 bridgehead atoms. The summed E-state index contributed by atoms with van der Waals surface area (Å²) in [7, 11) is 1.72. The molecule has 172 valence electrons. The first-order valence-electron chi connectivity index (χ1n) is 11.6. The van der Waals surface area contributed by atoms with Crippen LogP contribution < -0.4 is 4.90 Å². The Morgan fingerprint density at radius 3 is 2.47 bits per heavy atom. The van der Waals surface area contributed by atoms with Crippen molar-refractivity contribution in [1.29, 1.82) is 0 Å². The lowest BCUT2D eigenvalue weighted by Crippen LogP contribution is -2.41. The second-order valence-electron chi connectivity index (χ2n) is 9.32. The average Bonchev–Trinajstić information content (AvgIpc) is 2.75. The number of carbonyl (C=O) groups is 1. The van der Waals surface area contributed by atoms with Gasteiger partial charge < -0.3 is 14.7 Å². The third-order valence-corrected chi connectivity index (χ3v) is 6.53. The molecular weight excluding hydrogens is 400 g/mol. The Balaban J connectivity index is 1.88. The van der Waals surface area contributed by atoms with Crippen LogP contribution in [0.4, 0.5) is 5.69 Å². The standard InChI is InChI=1S/C27H36N2O3/c1-18(2)23-15-10-19(3)16-25(23)32-26(31)17-29(24-9-7-6-8-20(24)4)27(28-5)21-11-13-22(30)14-12-21/h6-9,11-14,18-19,23,25,30H,10,15-17H2,1-5H3/t19-,23+,25-/m1/s1. The highest BCUT2D eigenvalue weighted by molar-refractivity contribution is 6.12. The van der Waals surface area contributed by atoms with E-state index in [1.807, 2.05) is 48.2 Å². The van der Waals surface area contributed by atoms with E-state index in [4.69, 9.17) is 4.74 Å². The Kier molecular flexibility index (Phi) is 7.94. The summed E-state index contributed by atoms with van der Waals surface area (Å²) >= 11 is 0. The van der Waals surface area contributed by atoms with E-state index in [2.05, 4.69) is 25.8 Å². The maximum absolute atomic E-state index is 13.2. The Bertz CT molecular complexity index is 936. The average molecular weight is 437 g/mol. The number of para-hydroxylation sites is 1. The summed E-state index contributed by atoms with van der Waals surface area (Å²) in [6, 6.07) is 14.8. The smallest absolute Gasteiger partial charge is 0.326 e. The Morgan fingerprint density at radius 1 is 1.16 bits per heavy atom. The number of phenols is 1. The van der Waals surface area contributed by atoms with Gasteiger partial charge in [0.1, 0.15) is 24.2 Å². The van der Waals surface area contributed by atoms with Crippen LogP contribution in [-0.4, -0.2) is 36.6 Å². The van der Waals surface area contributed by atoms with Crippen LogP contribution in [0.25, 0.3) is 0 Å². The Hall–Kier alpha value is -2.82. The van der Waals surface area contributed by atoms with E-state index in [9.17, 15) is 9.90 Å². The van der Waals surface area contributed by atoms with Crippen LogP contribution in [0.3, 0.4) is 0 Å². The van der Waals surface area contributed by atoms with Gasteiger partial charge in [0.05, 0.1) is 0 Å². The number of amidine groups is 1. The van der Waals surface area contributed by atoms with E-state index in [0.717, 1.165) is 29.7 Å². The predicted octanol–water partition coefficient (Wildman–Crippen LogP) is 5.59. The van der Waals surface area contributed by atoms with Crippen LogP contribution in [0.15, 0.2) is 53.5 Å². The van der Waals surface area contributed by atoms with Gasteiger partial charge in [-0.05, 0) is 73.4 Å². The van der Waals surface area contributed by atoms with Crippen LogP contribution >= 0.6 is 0 Å². The van der Waals surface area contributed by atoms with Gasteiger partial charge in [-0.3, -0.25) is 9.79 Å². The molecule has 0 heterocycles. The van der Waals surface area contributed by atoms with Crippen molar-refractivity contribution >= 4 is 17.5 Å². The summed E-state index contributed by atoms with van der Waals surface area (Å²) in [5, 5.41) is 9.70. The topological polar surface area (TPSA) is 62.1 Å². The van der Waals surface area contributed by atoms with Gasteiger partial charge >= 0.3 is 5.97 Å². The van der Waals surface area contributed by atoms with Crippen molar-refractivity contribution in [2.75, 3.05) is 18.5 Å². The molecule has 0 aromatic heterocycles. The first-order valence-corrected chi connectivity index (χ1v) is 11.6. The molecule has 0 aliphatic heterocycles. The maximum Gasteiger partial charge on any atom is 0.326 e. The zero-order chi connectivity index (χ0) is 23.3. The molecule has 1 saturated carbocycles. The summed E-state index contributed by atoms with van der Waals surface area (Å²) in [5.74, 6) is 2.07. The van der Waals surface area contributed by atoms with Crippen molar-refractivity contribution in [3.8, 4) is 5.75 Å². The zero-order valence-corrected chi connectivity index (χ0v) is 19.9. The molecular formula is C27H36N2O3. The molecule has 0 spiro atoms. The third kappa shape index (κ3) is 5.70. The molecule has 3 rings (SSSR count). The quantitative estimate of drug-likeness (QED) is 0.364. The maximum atomic E-state index is 13.2. The number of aryl methyl sites for hydroxylation is 1. The second kappa shape index (κ2) is 10.7. The number of hydrogen-bond acceptors (Lipinski definition) is 4. The number of aromatic hydroxyl groups is 1. The van der Waals surface area contributed by atoms with E-state index in [1.54, 1.807) is 19.2 Å². The molecule has 1 fully saturated rings. The number of phenolic OH excluding ortho intramolecular Hbond substituents is 1. The Morgan fingerprint density at radius 2 is 1.84 bits per heavy atom. The van der Waals surface area contributed by atoms with Crippen LogP contribution in [-0.2, 0) is 9.53 Å². The monoisotopic (exact) mass is 436 g/mol. The van der Waals surface area contributed by atoms with Crippen LogP contribution in [0.1, 0.15) is 51.2 Å². The minimum atomic E-state index is -0.238. The van der Waals surface area contributed by atoms with Gasteiger partial charge in [-0.25, -0.2) is 0 Å². The molecule has 0 radical (unpaired) electrons. The van der Waals surface area contributed by atoms with Crippen LogP contribution in [0, 0.1) is 24.7 Å². The van der Waals surface area contributed by atoms with Crippen LogP contribution in [0.5, 0.6) is 5.75 Å².